The average molecular weight is 571 g/mol. The van der Waals surface area contributed by atoms with Crippen LogP contribution in [0, 0.1) is 28.5 Å². The molecule has 4 fully saturated rings. The van der Waals surface area contributed by atoms with Crippen LogP contribution >= 0.6 is 0 Å². The van der Waals surface area contributed by atoms with Gasteiger partial charge in [-0.2, -0.15) is 5.26 Å². The molecule has 5 heterocycles. The predicted molar refractivity (Wildman–Crippen MR) is 148 cm³/mol. The summed E-state index contributed by atoms with van der Waals surface area (Å²) in [4.78, 5) is 35.4. The van der Waals surface area contributed by atoms with Crippen molar-refractivity contribution in [2.75, 3.05) is 44.2 Å². The van der Waals surface area contributed by atoms with Crippen molar-refractivity contribution in [3.05, 3.63) is 60.4 Å². The molecule has 2 amide bonds. The van der Waals surface area contributed by atoms with Crippen LogP contribution < -0.4 is 4.90 Å². The molecule has 1 saturated carbocycles. The molecule has 216 valence electrons. The Bertz CT molecular complexity index is 1530. The van der Waals surface area contributed by atoms with Gasteiger partial charge in [-0.15, -0.1) is 5.10 Å². The van der Waals surface area contributed by atoms with Crippen molar-refractivity contribution in [3.63, 3.8) is 0 Å². The number of fused-ring (bicyclic) bond motifs is 1. The first-order valence-electron chi connectivity index (χ1n) is 14.4. The molecule has 12 heteroatoms. The van der Waals surface area contributed by atoms with Crippen molar-refractivity contribution < 1.29 is 18.7 Å². The van der Waals surface area contributed by atoms with Crippen molar-refractivity contribution >= 4 is 17.7 Å². The van der Waals surface area contributed by atoms with Crippen molar-refractivity contribution in [3.8, 4) is 17.2 Å². The highest BCUT2D eigenvalue weighted by atomic mass is 19.1. The number of hydrogen-bond acceptors (Lipinski definition) is 8. The van der Waals surface area contributed by atoms with E-state index in [1.54, 1.807) is 35.4 Å². The Morgan fingerprint density at radius 3 is 2.71 bits per heavy atom. The van der Waals surface area contributed by atoms with Crippen molar-refractivity contribution in [2.45, 2.75) is 37.8 Å². The van der Waals surface area contributed by atoms with Gasteiger partial charge in [0.1, 0.15) is 11.9 Å². The first-order valence-corrected chi connectivity index (χ1v) is 14.4. The fourth-order valence-electron chi connectivity index (χ4n) is 6.90. The Balaban J connectivity index is 0.996. The Morgan fingerprint density at radius 1 is 1.17 bits per heavy atom. The molecule has 7 rings (SSSR count). The predicted octanol–water partition coefficient (Wildman–Crippen LogP) is 3.06. The number of likely N-dealkylation sites (tertiary alicyclic amines) is 2. The molecule has 1 aliphatic carbocycles. The third-order valence-corrected chi connectivity index (χ3v) is 9.16. The quantitative estimate of drug-likeness (QED) is 0.425. The van der Waals surface area contributed by atoms with Gasteiger partial charge in [0.15, 0.2) is 0 Å². The first kappa shape index (κ1) is 26.5. The lowest BCUT2D eigenvalue weighted by Gasteiger charge is -2.29. The lowest BCUT2D eigenvalue weighted by molar-refractivity contribution is -0.132. The van der Waals surface area contributed by atoms with Gasteiger partial charge in [0.2, 0.25) is 5.91 Å². The maximum absolute atomic E-state index is 15.3. The summed E-state index contributed by atoms with van der Waals surface area (Å²) in [6, 6.07) is 10.8. The second-order valence-electron chi connectivity index (χ2n) is 11.7. The molecule has 3 aromatic rings. The van der Waals surface area contributed by atoms with E-state index in [1.165, 1.54) is 17.4 Å². The van der Waals surface area contributed by atoms with Gasteiger partial charge in [-0.3, -0.25) is 19.6 Å². The largest absolute Gasteiger partial charge is 0.442 e. The van der Waals surface area contributed by atoms with Crippen LogP contribution in [0.15, 0.2) is 48.9 Å². The summed E-state index contributed by atoms with van der Waals surface area (Å²) in [5, 5.41) is 17.7. The molecule has 3 aliphatic heterocycles. The minimum Gasteiger partial charge on any atom is -0.442 e. The lowest BCUT2D eigenvalue weighted by atomic mass is 10.0. The summed E-state index contributed by atoms with van der Waals surface area (Å²) in [6.45, 7) is 4.00. The van der Waals surface area contributed by atoms with Crippen LogP contribution in [0.5, 0.6) is 0 Å². The summed E-state index contributed by atoms with van der Waals surface area (Å²) in [5.74, 6) is -0.341. The lowest BCUT2D eigenvalue weighted by Crippen LogP contribution is -2.42. The van der Waals surface area contributed by atoms with E-state index >= 15 is 4.39 Å². The molecule has 0 radical (unpaired) electrons. The van der Waals surface area contributed by atoms with Crippen molar-refractivity contribution in [1.29, 1.82) is 5.26 Å². The third-order valence-electron chi connectivity index (χ3n) is 9.16. The van der Waals surface area contributed by atoms with Crippen LogP contribution in [-0.4, -0.2) is 87.2 Å². The monoisotopic (exact) mass is 570 g/mol. The van der Waals surface area contributed by atoms with Gasteiger partial charge in [-0.1, -0.05) is 17.7 Å². The maximum Gasteiger partial charge on any atom is 0.414 e. The van der Waals surface area contributed by atoms with Crippen molar-refractivity contribution in [2.24, 2.45) is 11.3 Å². The summed E-state index contributed by atoms with van der Waals surface area (Å²) in [6.07, 6.45) is 7.40. The average Bonchev–Trinajstić information content (AvgIpc) is 3.45. The highest BCUT2D eigenvalue weighted by molar-refractivity contribution is 5.90. The number of pyridine rings is 1. The molecule has 1 aromatic carbocycles. The number of rotatable bonds is 7. The number of carbonyl (C=O) groups excluding carboxylic acids is 2. The molecule has 0 bridgehead atoms. The van der Waals surface area contributed by atoms with Crippen LogP contribution in [0.2, 0.25) is 0 Å². The SMILES string of the molecule is N#CC12CN(C(=O)CN3CCCCC3)CC1C2c1ccc(-c2ccc(N3C[C@H](Cn4ccnn4)OC3=O)cc2F)cn1. The van der Waals surface area contributed by atoms with Crippen LogP contribution in [0.3, 0.4) is 0 Å². The van der Waals surface area contributed by atoms with Crippen LogP contribution in [0.25, 0.3) is 11.1 Å². The van der Waals surface area contributed by atoms with E-state index in [9.17, 15) is 14.9 Å². The highest BCUT2D eigenvalue weighted by Crippen LogP contribution is 2.67. The van der Waals surface area contributed by atoms with Gasteiger partial charge in [0, 0.05) is 54.1 Å². The fourth-order valence-corrected chi connectivity index (χ4v) is 6.90. The molecule has 4 aliphatic rings. The molecule has 0 N–H and O–H groups in total. The topological polar surface area (TPSA) is 120 Å². The van der Waals surface area contributed by atoms with Gasteiger partial charge in [-0.05, 0) is 50.2 Å². The Labute approximate surface area is 242 Å². The molecular weight excluding hydrogens is 539 g/mol. The van der Waals surface area contributed by atoms with Gasteiger partial charge in [0.25, 0.3) is 0 Å². The molecule has 2 aromatic heterocycles. The van der Waals surface area contributed by atoms with E-state index in [0.717, 1.165) is 31.6 Å². The van der Waals surface area contributed by atoms with E-state index in [4.69, 9.17) is 4.74 Å². The molecule has 4 atom stereocenters. The number of nitriles is 1. The summed E-state index contributed by atoms with van der Waals surface area (Å²) < 4.78 is 22.3. The minimum atomic E-state index is -0.602. The normalized spacial score (nSPS) is 27.0. The van der Waals surface area contributed by atoms with E-state index in [2.05, 4.69) is 26.3 Å². The van der Waals surface area contributed by atoms with E-state index in [-0.39, 0.29) is 24.3 Å². The van der Waals surface area contributed by atoms with Crippen LogP contribution in [0.1, 0.15) is 30.9 Å². The fraction of sp³-hybridized carbons (Fsp3) is 0.467. The van der Waals surface area contributed by atoms with E-state index in [1.807, 2.05) is 17.0 Å². The summed E-state index contributed by atoms with van der Waals surface area (Å²) in [5.41, 5.74) is 1.57. The van der Waals surface area contributed by atoms with E-state index < -0.39 is 23.4 Å². The summed E-state index contributed by atoms with van der Waals surface area (Å²) >= 11 is 0. The number of cyclic esters (lactones) is 1. The smallest absolute Gasteiger partial charge is 0.414 e. The van der Waals surface area contributed by atoms with Gasteiger partial charge < -0.3 is 9.64 Å². The van der Waals surface area contributed by atoms with Crippen LogP contribution in [-0.2, 0) is 16.1 Å². The minimum absolute atomic E-state index is 0.0329. The van der Waals surface area contributed by atoms with E-state index in [0.29, 0.717) is 43.0 Å². The maximum atomic E-state index is 15.3. The standard InChI is InChI=1S/C30H31FN8O3/c31-25-12-21(39-15-22(42-29(39)41)14-38-11-8-34-35-38)5-6-23(25)20-4-7-26(33-13-20)28-24-16-37(19-30(24,28)18-32)27(40)17-36-9-2-1-3-10-36/h4-8,11-13,22,24,28H,1-3,9-10,14-17,19H2/t22-,24?,28?,30?/m0/s1. The molecule has 42 heavy (non-hydrogen) atoms. The number of benzene rings is 1. The molecule has 11 nitrogen and oxygen atoms in total. The zero-order valence-electron chi connectivity index (χ0n) is 23.1. The number of hydrogen-bond donors (Lipinski definition) is 0. The number of anilines is 1. The number of nitrogens with zero attached hydrogens (tertiary/aromatic N) is 8. The number of aromatic nitrogens is 4. The molecule has 0 spiro atoms. The molecular formula is C30H31FN8O3. The number of amides is 2. The number of piperidine rings is 2. The highest BCUT2D eigenvalue weighted by Gasteiger charge is 2.71. The van der Waals surface area contributed by atoms with Gasteiger partial charge >= 0.3 is 6.09 Å². The number of ether oxygens (including phenoxy) is 1. The van der Waals surface area contributed by atoms with Crippen molar-refractivity contribution in [1.82, 2.24) is 29.8 Å². The van der Waals surface area contributed by atoms with Gasteiger partial charge in [0.05, 0.1) is 43.0 Å². The zero-order chi connectivity index (χ0) is 28.8. The molecule has 3 unspecified atom stereocenters. The Morgan fingerprint density at radius 2 is 2.02 bits per heavy atom. The number of carbonyl (C=O) groups is 2. The molecule has 3 saturated heterocycles. The van der Waals surface area contributed by atoms with Gasteiger partial charge in [-0.25, -0.2) is 13.9 Å². The Kier molecular flexibility index (Phi) is 6.61. The third kappa shape index (κ3) is 4.67. The summed E-state index contributed by atoms with van der Waals surface area (Å²) in [7, 11) is 0. The second kappa shape index (κ2) is 10.5. The second-order valence-corrected chi connectivity index (χ2v) is 11.7. The zero-order valence-corrected chi connectivity index (χ0v) is 23.1. The van der Waals surface area contributed by atoms with Crippen LogP contribution in [0.4, 0.5) is 14.9 Å². The Hall–Kier alpha value is -4.37. The first-order chi connectivity index (χ1) is 20.4. The number of halogens is 1.